The zero-order valence-electron chi connectivity index (χ0n) is 12.3. The van der Waals surface area contributed by atoms with Gasteiger partial charge in [0.2, 0.25) is 0 Å². The Kier molecular flexibility index (Phi) is 6.21. The van der Waals surface area contributed by atoms with Crippen LogP contribution < -0.4 is 10.1 Å². The Balaban J connectivity index is 2.21. The van der Waals surface area contributed by atoms with Crippen molar-refractivity contribution in [3.63, 3.8) is 0 Å². The highest BCUT2D eigenvalue weighted by atomic mass is 79.9. The number of halogens is 1. The van der Waals surface area contributed by atoms with Gasteiger partial charge in [0.15, 0.2) is 5.16 Å². The Morgan fingerprint density at radius 1 is 1.41 bits per heavy atom. The average molecular weight is 382 g/mol. The Morgan fingerprint density at radius 3 is 2.91 bits per heavy atom. The maximum atomic E-state index is 12.4. The van der Waals surface area contributed by atoms with Gasteiger partial charge in [0.25, 0.3) is 5.91 Å². The Bertz CT molecular complexity index is 667. The quantitative estimate of drug-likeness (QED) is 0.604. The van der Waals surface area contributed by atoms with E-state index in [1.165, 1.54) is 11.8 Å². The smallest absolute Gasteiger partial charge is 0.275 e. The van der Waals surface area contributed by atoms with Crippen molar-refractivity contribution < 1.29 is 9.53 Å². The normalized spacial score (nSPS) is 10.3. The number of benzene rings is 1. The van der Waals surface area contributed by atoms with Crippen LogP contribution >= 0.6 is 27.7 Å². The number of rotatable bonds is 6. The lowest BCUT2D eigenvalue weighted by Crippen LogP contribution is -2.15. The molecular formula is C15H16BrN3O2S. The van der Waals surface area contributed by atoms with Crippen LogP contribution in [0.3, 0.4) is 0 Å². The SMILES string of the molecule is CCCSc1ncc(Br)c(C(=O)Nc2ccccc2OC)n1. The Morgan fingerprint density at radius 2 is 2.18 bits per heavy atom. The van der Waals surface area contributed by atoms with Crippen molar-refractivity contribution in [3.8, 4) is 5.75 Å². The average Bonchev–Trinajstić information content (AvgIpc) is 2.54. The first-order valence-corrected chi connectivity index (χ1v) is 8.53. The minimum atomic E-state index is -0.308. The van der Waals surface area contributed by atoms with Crippen molar-refractivity contribution in [2.24, 2.45) is 0 Å². The van der Waals surface area contributed by atoms with Gasteiger partial charge in [-0.05, 0) is 34.5 Å². The van der Waals surface area contributed by atoms with Crippen LogP contribution in [0.4, 0.5) is 5.69 Å². The molecule has 1 aromatic heterocycles. The molecule has 7 heteroatoms. The summed E-state index contributed by atoms with van der Waals surface area (Å²) in [7, 11) is 1.56. The molecule has 2 rings (SSSR count). The third-order valence-electron chi connectivity index (χ3n) is 2.73. The summed E-state index contributed by atoms with van der Waals surface area (Å²) in [6.45, 7) is 2.08. The number of aromatic nitrogens is 2. The molecular weight excluding hydrogens is 366 g/mol. The number of hydrogen-bond donors (Lipinski definition) is 1. The van der Waals surface area contributed by atoms with Crippen molar-refractivity contribution in [1.29, 1.82) is 0 Å². The van der Waals surface area contributed by atoms with Crippen LogP contribution in [0.25, 0.3) is 0 Å². The molecule has 0 atom stereocenters. The van der Waals surface area contributed by atoms with Crippen molar-refractivity contribution in [2.45, 2.75) is 18.5 Å². The zero-order chi connectivity index (χ0) is 15.9. The molecule has 0 aliphatic heterocycles. The maximum Gasteiger partial charge on any atom is 0.275 e. The minimum absolute atomic E-state index is 0.305. The van der Waals surface area contributed by atoms with Gasteiger partial charge >= 0.3 is 0 Å². The summed E-state index contributed by atoms with van der Waals surface area (Å²) in [6.07, 6.45) is 2.62. The monoisotopic (exact) mass is 381 g/mol. The molecule has 0 bridgehead atoms. The van der Waals surface area contributed by atoms with Crippen LogP contribution in [0, 0.1) is 0 Å². The van der Waals surface area contributed by atoms with Crippen LogP contribution in [-0.2, 0) is 0 Å². The molecule has 0 saturated heterocycles. The molecule has 0 aliphatic carbocycles. The van der Waals surface area contributed by atoms with Gasteiger partial charge in [-0.2, -0.15) is 0 Å². The first kappa shape index (κ1) is 16.8. The number of hydrogen-bond acceptors (Lipinski definition) is 5. The predicted octanol–water partition coefficient (Wildman–Crippen LogP) is 4.00. The predicted molar refractivity (Wildman–Crippen MR) is 91.7 cm³/mol. The molecule has 0 aliphatic rings. The fourth-order valence-corrected chi connectivity index (χ4v) is 2.74. The number of methoxy groups -OCH3 is 1. The summed E-state index contributed by atoms with van der Waals surface area (Å²) in [6, 6.07) is 7.23. The molecule has 1 N–H and O–H groups in total. The molecule has 5 nitrogen and oxygen atoms in total. The second kappa shape index (κ2) is 8.14. The van der Waals surface area contributed by atoms with E-state index in [4.69, 9.17) is 4.74 Å². The van der Waals surface area contributed by atoms with Gasteiger partial charge in [-0.15, -0.1) is 0 Å². The number of nitrogens with one attached hydrogen (secondary N) is 1. The lowest BCUT2D eigenvalue weighted by atomic mass is 10.2. The van der Waals surface area contributed by atoms with E-state index in [-0.39, 0.29) is 5.91 Å². The van der Waals surface area contributed by atoms with E-state index in [1.54, 1.807) is 25.4 Å². The molecule has 2 aromatic rings. The number of ether oxygens (including phenoxy) is 1. The van der Waals surface area contributed by atoms with E-state index < -0.39 is 0 Å². The van der Waals surface area contributed by atoms with Gasteiger partial charge in [0.05, 0.1) is 17.3 Å². The van der Waals surface area contributed by atoms with Gasteiger partial charge in [-0.1, -0.05) is 30.8 Å². The topological polar surface area (TPSA) is 64.1 Å². The number of carbonyl (C=O) groups excluding carboxylic acids is 1. The first-order chi connectivity index (χ1) is 10.7. The van der Waals surface area contributed by atoms with Crippen LogP contribution in [0.1, 0.15) is 23.8 Å². The number of para-hydroxylation sites is 2. The minimum Gasteiger partial charge on any atom is -0.495 e. The summed E-state index contributed by atoms with van der Waals surface area (Å²) in [4.78, 5) is 20.9. The molecule has 22 heavy (non-hydrogen) atoms. The molecule has 0 unspecified atom stereocenters. The summed E-state index contributed by atoms with van der Waals surface area (Å²) >= 11 is 4.85. The third kappa shape index (κ3) is 4.20. The van der Waals surface area contributed by atoms with Crippen LogP contribution in [0.2, 0.25) is 0 Å². The third-order valence-corrected chi connectivity index (χ3v) is 4.38. The molecule has 0 spiro atoms. The number of amides is 1. The standard InChI is InChI=1S/C15H16BrN3O2S/c1-3-8-22-15-17-9-10(16)13(19-15)14(20)18-11-6-4-5-7-12(11)21-2/h4-7,9H,3,8H2,1-2H3,(H,18,20). The molecule has 116 valence electrons. The maximum absolute atomic E-state index is 12.4. The highest BCUT2D eigenvalue weighted by Gasteiger charge is 2.15. The molecule has 0 fully saturated rings. The summed E-state index contributed by atoms with van der Waals surface area (Å²) in [5, 5.41) is 3.40. The number of nitrogens with zero attached hydrogens (tertiary/aromatic N) is 2. The van der Waals surface area contributed by atoms with E-state index in [9.17, 15) is 4.79 Å². The van der Waals surface area contributed by atoms with Gasteiger partial charge < -0.3 is 10.1 Å². The number of carbonyl (C=O) groups is 1. The summed E-state index contributed by atoms with van der Waals surface area (Å²) < 4.78 is 5.78. The van der Waals surface area contributed by atoms with Crippen molar-refractivity contribution in [3.05, 3.63) is 40.6 Å². The number of thioether (sulfide) groups is 1. The Labute approximate surface area is 142 Å². The van der Waals surface area contributed by atoms with E-state index in [2.05, 4.69) is 38.1 Å². The highest BCUT2D eigenvalue weighted by molar-refractivity contribution is 9.10. The van der Waals surface area contributed by atoms with Gasteiger partial charge in [-0.3, -0.25) is 4.79 Å². The van der Waals surface area contributed by atoms with Crippen molar-refractivity contribution >= 4 is 39.3 Å². The molecule has 0 saturated carbocycles. The van der Waals surface area contributed by atoms with E-state index in [0.29, 0.717) is 26.8 Å². The van der Waals surface area contributed by atoms with Gasteiger partial charge in [0, 0.05) is 11.9 Å². The van der Waals surface area contributed by atoms with E-state index in [1.807, 2.05) is 12.1 Å². The second-order valence-corrected chi connectivity index (χ2v) is 6.27. The van der Waals surface area contributed by atoms with Crippen molar-refractivity contribution in [2.75, 3.05) is 18.2 Å². The molecule has 0 radical (unpaired) electrons. The van der Waals surface area contributed by atoms with Crippen LogP contribution in [0.15, 0.2) is 40.1 Å². The number of anilines is 1. The van der Waals surface area contributed by atoms with Crippen LogP contribution in [0.5, 0.6) is 5.75 Å². The van der Waals surface area contributed by atoms with E-state index in [0.717, 1.165) is 12.2 Å². The second-order valence-electron chi connectivity index (χ2n) is 4.35. The lowest BCUT2D eigenvalue weighted by Gasteiger charge is -2.10. The molecule has 1 heterocycles. The highest BCUT2D eigenvalue weighted by Crippen LogP contribution is 2.25. The van der Waals surface area contributed by atoms with Gasteiger partial charge in [-0.25, -0.2) is 9.97 Å². The fraction of sp³-hybridized carbons (Fsp3) is 0.267. The largest absolute Gasteiger partial charge is 0.495 e. The first-order valence-electron chi connectivity index (χ1n) is 6.75. The summed E-state index contributed by atoms with van der Waals surface area (Å²) in [5.41, 5.74) is 0.905. The van der Waals surface area contributed by atoms with E-state index >= 15 is 0 Å². The zero-order valence-corrected chi connectivity index (χ0v) is 14.7. The molecule has 1 amide bonds. The fourth-order valence-electron chi connectivity index (χ4n) is 1.70. The molecule has 1 aromatic carbocycles. The van der Waals surface area contributed by atoms with Crippen LogP contribution in [-0.4, -0.2) is 28.7 Å². The van der Waals surface area contributed by atoms with Crippen molar-refractivity contribution in [1.82, 2.24) is 9.97 Å². The lowest BCUT2D eigenvalue weighted by molar-refractivity contribution is 0.102. The Hall–Kier alpha value is -1.60. The van der Waals surface area contributed by atoms with Gasteiger partial charge in [0.1, 0.15) is 11.4 Å². The summed E-state index contributed by atoms with van der Waals surface area (Å²) in [5.74, 6) is 1.20.